The molecule has 1 aromatic carbocycles. The molecule has 2 saturated carbocycles. The molecule has 2 spiro atoms. The first-order chi connectivity index (χ1) is 19.3. The van der Waals surface area contributed by atoms with E-state index >= 15 is 0 Å². The molecule has 7 rings (SSSR count). The van der Waals surface area contributed by atoms with Crippen LogP contribution in [0, 0.1) is 0 Å². The number of amides is 1. The predicted molar refractivity (Wildman–Crippen MR) is 144 cm³/mol. The fraction of sp³-hybridized carbons (Fsp3) is 0.630. The third kappa shape index (κ3) is 4.95. The Balaban J connectivity index is 1.09. The highest BCUT2D eigenvalue weighted by molar-refractivity contribution is 7.93. The van der Waals surface area contributed by atoms with Gasteiger partial charge in [-0.2, -0.15) is 0 Å². The molecule has 40 heavy (non-hydrogen) atoms. The van der Waals surface area contributed by atoms with E-state index < -0.39 is 58.2 Å². The minimum absolute atomic E-state index is 0.0542. The summed E-state index contributed by atoms with van der Waals surface area (Å²) in [5.41, 5.74) is 0.430. The first-order valence-corrected chi connectivity index (χ1v) is 16.4. The van der Waals surface area contributed by atoms with Crippen LogP contribution in [-0.2, 0) is 38.5 Å². The minimum Gasteiger partial charge on any atom is -0.341 e. The zero-order valence-electron chi connectivity index (χ0n) is 22.0. The fourth-order valence-corrected chi connectivity index (χ4v) is 8.34. The summed E-state index contributed by atoms with van der Waals surface area (Å²) in [7, 11) is -3.81. The molecule has 2 aromatic rings. The van der Waals surface area contributed by atoms with Crippen molar-refractivity contribution in [2.45, 2.75) is 111 Å². The highest BCUT2D eigenvalue weighted by Gasteiger charge is 2.65. The summed E-state index contributed by atoms with van der Waals surface area (Å²) in [5, 5.41) is 4.83. The van der Waals surface area contributed by atoms with E-state index in [0.29, 0.717) is 5.69 Å². The monoisotopic (exact) mass is 591 g/mol. The third-order valence-corrected chi connectivity index (χ3v) is 10.6. The Morgan fingerprint density at radius 3 is 2.12 bits per heavy atom. The quantitative estimate of drug-likeness (QED) is 0.526. The second-order valence-corrected chi connectivity index (χ2v) is 13.8. The molecule has 0 radical (unpaired) electrons. The van der Waals surface area contributed by atoms with Crippen LogP contribution in [0.2, 0.25) is 0 Å². The van der Waals surface area contributed by atoms with E-state index in [9.17, 15) is 13.2 Å². The molecular formula is C27H33N3O8S2. The number of ether oxygens (including phenoxy) is 5. The molecule has 5 atom stereocenters. The predicted octanol–water partition coefficient (Wildman–Crippen LogP) is 4.13. The van der Waals surface area contributed by atoms with Crippen LogP contribution < -0.4 is 10.0 Å². The van der Waals surface area contributed by atoms with Crippen molar-refractivity contribution < 1.29 is 36.9 Å². The number of hydrogen-bond acceptors (Lipinski definition) is 10. The van der Waals surface area contributed by atoms with Crippen LogP contribution in [0.3, 0.4) is 0 Å². The van der Waals surface area contributed by atoms with E-state index in [0.717, 1.165) is 64.2 Å². The normalized spacial score (nSPS) is 32.5. The number of aromatic nitrogens is 1. The van der Waals surface area contributed by atoms with Crippen molar-refractivity contribution in [3.05, 3.63) is 35.8 Å². The maximum absolute atomic E-state index is 13.6. The molecular weight excluding hydrogens is 558 g/mol. The Labute approximate surface area is 236 Å². The molecule has 1 aromatic heterocycles. The molecule has 5 fully saturated rings. The molecule has 3 saturated heterocycles. The molecule has 5 unspecified atom stereocenters. The van der Waals surface area contributed by atoms with Gasteiger partial charge in [0.2, 0.25) is 0 Å². The van der Waals surface area contributed by atoms with Gasteiger partial charge in [0.05, 0.1) is 4.90 Å². The summed E-state index contributed by atoms with van der Waals surface area (Å²) >= 11 is 1.19. The maximum Gasteiger partial charge on any atom is 0.263 e. The second kappa shape index (κ2) is 10.3. The lowest BCUT2D eigenvalue weighted by Gasteiger charge is -2.36. The molecule has 1 amide bonds. The van der Waals surface area contributed by atoms with Gasteiger partial charge in [-0.1, -0.05) is 12.8 Å². The van der Waals surface area contributed by atoms with E-state index in [4.69, 9.17) is 23.7 Å². The van der Waals surface area contributed by atoms with Gasteiger partial charge in [0.25, 0.3) is 15.9 Å². The summed E-state index contributed by atoms with van der Waals surface area (Å²) in [6.45, 7) is 0. The van der Waals surface area contributed by atoms with Gasteiger partial charge in [-0.3, -0.25) is 9.52 Å². The third-order valence-electron chi connectivity index (χ3n) is 8.45. The van der Waals surface area contributed by atoms with Crippen molar-refractivity contribution in [3.8, 4) is 0 Å². The first-order valence-electron chi connectivity index (χ1n) is 14.0. The van der Waals surface area contributed by atoms with Crippen molar-refractivity contribution in [2.24, 2.45) is 0 Å². The topological polar surface area (TPSA) is 134 Å². The lowest BCUT2D eigenvalue weighted by Crippen LogP contribution is -2.58. The Bertz CT molecular complexity index is 1320. The highest BCUT2D eigenvalue weighted by Crippen LogP contribution is 2.51. The van der Waals surface area contributed by atoms with Crippen molar-refractivity contribution in [1.82, 2.24) is 4.98 Å². The van der Waals surface area contributed by atoms with Gasteiger partial charge in [-0.25, -0.2) is 13.4 Å². The van der Waals surface area contributed by atoms with Gasteiger partial charge in [-0.15, -0.1) is 11.3 Å². The maximum atomic E-state index is 13.6. The zero-order chi connectivity index (χ0) is 27.4. The van der Waals surface area contributed by atoms with Crippen LogP contribution in [0.5, 0.6) is 0 Å². The van der Waals surface area contributed by atoms with Gasteiger partial charge in [0.15, 0.2) is 29.1 Å². The summed E-state index contributed by atoms with van der Waals surface area (Å²) in [5.74, 6) is -1.85. The molecule has 2 N–H and O–H groups in total. The van der Waals surface area contributed by atoms with E-state index in [1.54, 1.807) is 5.38 Å². The largest absolute Gasteiger partial charge is 0.341 e. The van der Waals surface area contributed by atoms with Gasteiger partial charge in [0.1, 0.15) is 18.3 Å². The summed E-state index contributed by atoms with van der Waals surface area (Å²) in [6.07, 6.45) is 7.62. The van der Waals surface area contributed by atoms with Crippen molar-refractivity contribution in [2.75, 3.05) is 10.0 Å². The van der Waals surface area contributed by atoms with Crippen LogP contribution in [0.4, 0.5) is 10.8 Å². The zero-order valence-corrected chi connectivity index (χ0v) is 23.6. The number of nitrogens with zero attached hydrogens (tertiary/aromatic N) is 1. The number of nitrogens with one attached hydrogen (secondary N) is 2. The standard InChI is InChI=1S/C27H33N3O8S2/c31-23(29-17-7-9-18(10-8-17)40(32,33)30-25-28-15-16-39-25)21-19-20(36-26(35-19)11-3-1-4-12-26)22-24(34-21)38-27(37-22)13-5-2-6-14-27/h7-10,15-16,19-22,24H,1-6,11-14H2,(H,28,30)(H,29,31). The molecule has 5 aliphatic rings. The number of carbonyl (C=O) groups excluding carboxylic acids is 1. The van der Waals surface area contributed by atoms with Gasteiger partial charge in [0, 0.05) is 42.9 Å². The van der Waals surface area contributed by atoms with E-state index in [1.807, 2.05) is 0 Å². The lowest BCUT2D eigenvalue weighted by atomic mass is 9.94. The van der Waals surface area contributed by atoms with E-state index in [1.165, 1.54) is 41.8 Å². The average molecular weight is 592 g/mol. The van der Waals surface area contributed by atoms with Gasteiger partial charge >= 0.3 is 0 Å². The van der Waals surface area contributed by atoms with Crippen LogP contribution in [0.25, 0.3) is 0 Å². The van der Waals surface area contributed by atoms with Crippen LogP contribution in [0.1, 0.15) is 64.2 Å². The molecule has 4 heterocycles. The van der Waals surface area contributed by atoms with Crippen LogP contribution in [-0.4, -0.2) is 61.6 Å². The van der Waals surface area contributed by atoms with Crippen molar-refractivity contribution >= 4 is 38.1 Å². The molecule has 216 valence electrons. The average Bonchev–Trinajstić information content (AvgIpc) is 3.67. The van der Waals surface area contributed by atoms with E-state index in [2.05, 4.69) is 15.0 Å². The summed E-state index contributed by atoms with van der Waals surface area (Å²) in [4.78, 5) is 17.6. The molecule has 2 aliphatic carbocycles. The number of sulfonamides is 1. The fourth-order valence-electron chi connectivity index (χ4n) is 6.55. The number of fused-ring (bicyclic) bond motifs is 3. The Morgan fingerprint density at radius 2 is 1.48 bits per heavy atom. The molecule has 11 nitrogen and oxygen atoms in total. The highest BCUT2D eigenvalue weighted by atomic mass is 32.2. The Hall–Kier alpha value is -2.13. The van der Waals surface area contributed by atoms with Crippen LogP contribution >= 0.6 is 11.3 Å². The molecule has 13 heteroatoms. The van der Waals surface area contributed by atoms with Crippen molar-refractivity contribution in [3.63, 3.8) is 0 Å². The van der Waals surface area contributed by atoms with Gasteiger partial charge < -0.3 is 29.0 Å². The lowest BCUT2D eigenvalue weighted by molar-refractivity contribution is -0.246. The number of anilines is 2. The Kier molecular flexibility index (Phi) is 6.89. The number of hydrogen-bond donors (Lipinski definition) is 2. The molecule has 3 aliphatic heterocycles. The first kappa shape index (κ1) is 26.7. The van der Waals surface area contributed by atoms with E-state index in [-0.39, 0.29) is 10.0 Å². The molecule has 0 bridgehead atoms. The SMILES string of the molecule is O=C(Nc1ccc(S(=O)(=O)Nc2nccs2)cc1)C1OC2OC3(CCCCC3)OC2C2OC3(CCCCC3)OC12. The van der Waals surface area contributed by atoms with Crippen LogP contribution in [0.15, 0.2) is 40.7 Å². The number of rotatable bonds is 5. The smallest absolute Gasteiger partial charge is 0.263 e. The summed E-state index contributed by atoms with van der Waals surface area (Å²) < 4.78 is 60.1. The summed E-state index contributed by atoms with van der Waals surface area (Å²) in [6, 6.07) is 5.94. The second-order valence-electron chi connectivity index (χ2n) is 11.2. The Morgan fingerprint density at radius 1 is 0.850 bits per heavy atom. The number of thiazole rings is 1. The number of benzene rings is 1. The minimum atomic E-state index is -3.81. The van der Waals surface area contributed by atoms with Gasteiger partial charge in [-0.05, 0) is 49.9 Å². The van der Waals surface area contributed by atoms with Crippen molar-refractivity contribution in [1.29, 1.82) is 0 Å². The number of carbonyl (C=O) groups is 1.